The Morgan fingerprint density at radius 1 is 1.35 bits per heavy atom. The highest BCUT2D eigenvalue weighted by atomic mass is 35.5. The summed E-state index contributed by atoms with van der Waals surface area (Å²) >= 11 is 5.88. The molecular weight excluding hydrogens is 230 g/mol. The first-order valence-corrected chi connectivity index (χ1v) is 7.22. The molecule has 1 aliphatic rings. The second-order valence-corrected chi connectivity index (χ2v) is 5.27. The van der Waals surface area contributed by atoms with Crippen LogP contribution in [-0.2, 0) is 5.88 Å². The minimum Gasteiger partial charge on any atom is -0.368 e. The third-order valence-corrected chi connectivity index (χ3v) is 4.13. The zero-order valence-corrected chi connectivity index (χ0v) is 11.6. The molecule has 1 fully saturated rings. The van der Waals surface area contributed by atoms with Crippen LogP contribution in [0.5, 0.6) is 0 Å². The first kappa shape index (κ1) is 12.8. The van der Waals surface area contributed by atoms with E-state index in [1.54, 1.807) is 0 Å². The second-order valence-electron chi connectivity index (χ2n) is 5.01. The Labute approximate surface area is 110 Å². The van der Waals surface area contributed by atoms with Gasteiger partial charge in [-0.05, 0) is 49.8 Å². The molecule has 1 aliphatic heterocycles. The molecule has 1 unspecified atom stereocenters. The number of rotatable bonds is 3. The van der Waals surface area contributed by atoms with Crippen LogP contribution in [0.1, 0.15) is 43.7 Å². The van der Waals surface area contributed by atoms with Gasteiger partial charge in [-0.2, -0.15) is 0 Å². The third kappa shape index (κ3) is 2.77. The number of alkyl halides is 1. The molecule has 0 aromatic heterocycles. The predicted molar refractivity (Wildman–Crippen MR) is 76.0 cm³/mol. The number of hydrogen-bond acceptors (Lipinski definition) is 1. The second kappa shape index (κ2) is 5.77. The summed E-state index contributed by atoms with van der Waals surface area (Å²) in [6, 6.07) is 7.37. The number of aryl methyl sites for hydroxylation is 1. The zero-order chi connectivity index (χ0) is 12.3. The summed E-state index contributed by atoms with van der Waals surface area (Å²) in [4.78, 5) is 2.59. The lowest BCUT2D eigenvalue weighted by Gasteiger charge is -2.38. The highest BCUT2D eigenvalue weighted by Gasteiger charge is 2.21. The molecule has 0 bridgehead atoms. The van der Waals surface area contributed by atoms with Crippen LogP contribution in [0, 0.1) is 6.92 Å². The topological polar surface area (TPSA) is 3.24 Å². The fourth-order valence-corrected chi connectivity index (χ4v) is 3.03. The van der Waals surface area contributed by atoms with Crippen LogP contribution in [0.2, 0.25) is 0 Å². The molecule has 0 radical (unpaired) electrons. The van der Waals surface area contributed by atoms with Crippen LogP contribution >= 0.6 is 11.6 Å². The minimum atomic E-state index is 0.609. The van der Waals surface area contributed by atoms with E-state index >= 15 is 0 Å². The lowest BCUT2D eigenvalue weighted by atomic mass is 9.97. The van der Waals surface area contributed by atoms with E-state index in [1.807, 2.05) is 0 Å². The number of halogens is 1. The summed E-state index contributed by atoms with van der Waals surface area (Å²) < 4.78 is 0. The Balaban J connectivity index is 2.25. The van der Waals surface area contributed by atoms with Gasteiger partial charge in [0, 0.05) is 24.2 Å². The molecule has 1 heterocycles. The van der Waals surface area contributed by atoms with Crippen molar-refractivity contribution in [3.63, 3.8) is 0 Å². The van der Waals surface area contributed by atoms with Crippen LogP contribution in [0.3, 0.4) is 0 Å². The molecule has 2 heteroatoms. The average molecular weight is 252 g/mol. The molecule has 1 nitrogen and oxygen atoms in total. The molecule has 1 aromatic carbocycles. The smallest absolute Gasteiger partial charge is 0.0474 e. The maximum atomic E-state index is 5.88. The summed E-state index contributed by atoms with van der Waals surface area (Å²) in [6.07, 6.45) is 5.30. The molecule has 0 aliphatic carbocycles. The van der Waals surface area contributed by atoms with Gasteiger partial charge in [-0.1, -0.05) is 19.1 Å². The summed E-state index contributed by atoms with van der Waals surface area (Å²) in [5.74, 6) is 0.609. The maximum Gasteiger partial charge on any atom is 0.0474 e. The van der Waals surface area contributed by atoms with Gasteiger partial charge in [0.05, 0.1) is 0 Å². The molecule has 17 heavy (non-hydrogen) atoms. The van der Waals surface area contributed by atoms with Gasteiger partial charge < -0.3 is 4.90 Å². The van der Waals surface area contributed by atoms with Gasteiger partial charge in [0.15, 0.2) is 0 Å². The summed E-state index contributed by atoms with van der Waals surface area (Å²) in [5, 5.41) is 0. The summed E-state index contributed by atoms with van der Waals surface area (Å²) in [6.45, 7) is 5.71. The van der Waals surface area contributed by atoms with E-state index in [9.17, 15) is 0 Å². The normalized spacial score (nSPS) is 20.6. The first-order valence-electron chi connectivity index (χ1n) is 6.68. The molecule has 0 amide bonds. The predicted octanol–water partition coefficient (Wildman–Crippen LogP) is 4.50. The Hall–Kier alpha value is -0.690. The van der Waals surface area contributed by atoms with Crippen molar-refractivity contribution in [2.75, 3.05) is 11.4 Å². The van der Waals surface area contributed by atoms with Gasteiger partial charge in [0.1, 0.15) is 0 Å². The quantitative estimate of drug-likeness (QED) is 0.715. The van der Waals surface area contributed by atoms with Gasteiger partial charge >= 0.3 is 0 Å². The van der Waals surface area contributed by atoms with Gasteiger partial charge in [-0.15, -0.1) is 11.6 Å². The van der Waals surface area contributed by atoms with Crippen LogP contribution in [-0.4, -0.2) is 12.6 Å². The minimum absolute atomic E-state index is 0.609. The van der Waals surface area contributed by atoms with Crippen LogP contribution in [0.4, 0.5) is 5.69 Å². The van der Waals surface area contributed by atoms with Crippen LogP contribution in [0.15, 0.2) is 18.2 Å². The largest absolute Gasteiger partial charge is 0.368 e. The van der Waals surface area contributed by atoms with Gasteiger partial charge in [-0.25, -0.2) is 0 Å². The fourth-order valence-electron chi connectivity index (χ4n) is 2.87. The van der Waals surface area contributed by atoms with E-state index in [0.717, 1.165) is 6.04 Å². The van der Waals surface area contributed by atoms with E-state index in [2.05, 4.69) is 36.9 Å². The van der Waals surface area contributed by atoms with Gasteiger partial charge in [0.2, 0.25) is 0 Å². The number of benzene rings is 1. The summed E-state index contributed by atoms with van der Waals surface area (Å²) in [5.41, 5.74) is 3.99. The van der Waals surface area contributed by atoms with Crippen LogP contribution in [0.25, 0.3) is 0 Å². The lowest BCUT2D eigenvalue weighted by molar-refractivity contribution is 0.449. The molecule has 2 rings (SSSR count). The maximum absolute atomic E-state index is 5.88. The van der Waals surface area contributed by atoms with Crippen molar-refractivity contribution in [2.24, 2.45) is 0 Å². The van der Waals surface area contributed by atoms with Gasteiger partial charge in [-0.3, -0.25) is 0 Å². The van der Waals surface area contributed by atoms with E-state index in [1.165, 1.54) is 49.0 Å². The van der Waals surface area contributed by atoms with Crippen molar-refractivity contribution < 1.29 is 0 Å². The molecule has 1 saturated heterocycles. The molecule has 1 aromatic rings. The Kier molecular flexibility index (Phi) is 4.33. The number of nitrogens with zero attached hydrogens (tertiary/aromatic N) is 1. The Morgan fingerprint density at radius 2 is 2.18 bits per heavy atom. The Bertz CT molecular complexity index is 375. The third-order valence-electron chi connectivity index (χ3n) is 3.82. The van der Waals surface area contributed by atoms with Crippen LogP contribution < -0.4 is 4.90 Å². The fraction of sp³-hybridized carbons (Fsp3) is 0.600. The van der Waals surface area contributed by atoms with Gasteiger partial charge in [0.25, 0.3) is 0 Å². The first-order chi connectivity index (χ1) is 8.26. The van der Waals surface area contributed by atoms with Crippen molar-refractivity contribution >= 4 is 17.3 Å². The van der Waals surface area contributed by atoms with E-state index in [0.29, 0.717) is 5.88 Å². The number of anilines is 1. The molecule has 0 N–H and O–H groups in total. The van der Waals surface area contributed by atoms with Crippen molar-refractivity contribution in [3.8, 4) is 0 Å². The van der Waals surface area contributed by atoms with Crippen molar-refractivity contribution in [1.29, 1.82) is 0 Å². The SMILES string of the molecule is CCC1CCCCN1c1ccc(CCl)cc1C. The molecular formula is C15H22ClN. The molecule has 1 atom stereocenters. The molecule has 94 valence electrons. The monoisotopic (exact) mass is 251 g/mol. The van der Waals surface area contributed by atoms with E-state index in [4.69, 9.17) is 11.6 Å². The molecule has 0 saturated carbocycles. The Morgan fingerprint density at radius 3 is 2.82 bits per heavy atom. The van der Waals surface area contributed by atoms with Crippen molar-refractivity contribution in [3.05, 3.63) is 29.3 Å². The standard InChI is InChI=1S/C15H22ClN/c1-3-14-6-4-5-9-17(14)15-8-7-13(11-16)10-12(15)2/h7-8,10,14H,3-6,9,11H2,1-2H3. The average Bonchev–Trinajstić information content (AvgIpc) is 2.38. The number of hydrogen-bond donors (Lipinski definition) is 0. The van der Waals surface area contributed by atoms with E-state index < -0.39 is 0 Å². The zero-order valence-electron chi connectivity index (χ0n) is 10.9. The number of piperidine rings is 1. The van der Waals surface area contributed by atoms with Crippen molar-refractivity contribution in [1.82, 2.24) is 0 Å². The van der Waals surface area contributed by atoms with Crippen molar-refractivity contribution in [2.45, 2.75) is 51.5 Å². The van der Waals surface area contributed by atoms with E-state index in [-0.39, 0.29) is 0 Å². The summed E-state index contributed by atoms with van der Waals surface area (Å²) in [7, 11) is 0. The highest BCUT2D eigenvalue weighted by Crippen LogP contribution is 2.29. The highest BCUT2D eigenvalue weighted by molar-refractivity contribution is 6.17. The molecule has 0 spiro atoms. The lowest BCUT2D eigenvalue weighted by Crippen LogP contribution is -2.39.